The van der Waals surface area contributed by atoms with E-state index in [-0.39, 0.29) is 12.5 Å². The lowest BCUT2D eigenvalue weighted by Crippen LogP contribution is -2.52. The monoisotopic (exact) mass is 710 g/mol. The number of carbonyl (C=O) groups is 1. The summed E-state index contributed by atoms with van der Waals surface area (Å²) in [5.74, 6) is 0. The summed E-state index contributed by atoms with van der Waals surface area (Å²) >= 11 is 3.66. The number of nitrogens with zero attached hydrogens (tertiary/aromatic N) is 4. The summed E-state index contributed by atoms with van der Waals surface area (Å²) in [5.41, 5.74) is 7.67. The van der Waals surface area contributed by atoms with E-state index in [1.807, 2.05) is 37.4 Å². The van der Waals surface area contributed by atoms with Crippen LogP contribution >= 0.6 is 23.5 Å². The van der Waals surface area contributed by atoms with Crippen molar-refractivity contribution in [2.24, 2.45) is 0 Å². The van der Waals surface area contributed by atoms with Crippen LogP contribution in [0.1, 0.15) is 36.1 Å². The van der Waals surface area contributed by atoms with E-state index in [0.29, 0.717) is 0 Å². The molecule has 2 fully saturated rings. The first-order valence-corrected chi connectivity index (χ1v) is 19.3. The van der Waals surface area contributed by atoms with E-state index in [0.717, 1.165) is 52.4 Å². The molecule has 2 heterocycles. The van der Waals surface area contributed by atoms with Crippen molar-refractivity contribution in [1.82, 2.24) is 9.80 Å². The Kier molecular flexibility index (Phi) is 12.0. The Morgan fingerprint density at radius 3 is 1.30 bits per heavy atom. The fraction of sp³-hybridized carbons (Fsp3) is 0.390. The van der Waals surface area contributed by atoms with E-state index in [2.05, 4.69) is 132 Å². The van der Waals surface area contributed by atoms with Gasteiger partial charge in [-0.2, -0.15) is 0 Å². The van der Waals surface area contributed by atoms with E-state index < -0.39 is 6.16 Å². The number of benzene rings is 4. The molecule has 6 rings (SSSR count). The van der Waals surface area contributed by atoms with Gasteiger partial charge in [-0.05, 0) is 89.1 Å². The highest BCUT2D eigenvalue weighted by Gasteiger charge is 2.28. The molecule has 2 aliphatic rings. The summed E-state index contributed by atoms with van der Waals surface area (Å²) in [6.07, 6.45) is -1.33. The van der Waals surface area contributed by atoms with Crippen molar-refractivity contribution in [1.29, 1.82) is 0 Å². The molecule has 0 N–H and O–H groups in total. The molecule has 4 aromatic carbocycles. The summed E-state index contributed by atoms with van der Waals surface area (Å²) in [6.45, 7) is 19.2. The third-order valence-electron chi connectivity index (χ3n) is 9.70. The Bertz CT molecular complexity index is 1640. The van der Waals surface area contributed by atoms with Crippen LogP contribution in [0.5, 0.6) is 0 Å². The molecular weight excluding hydrogens is 661 g/mol. The van der Waals surface area contributed by atoms with Crippen LogP contribution in [-0.4, -0.2) is 80.8 Å². The number of rotatable bonds is 10. The first-order chi connectivity index (χ1) is 24.1. The van der Waals surface area contributed by atoms with Crippen LogP contribution in [0.25, 0.3) is 0 Å². The molecule has 9 heteroatoms. The molecule has 2 aliphatic heterocycles. The third-order valence-corrected chi connectivity index (χ3v) is 12.2. The van der Waals surface area contributed by atoms with Crippen LogP contribution in [-0.2, 0) is 9.47 Å². The van der Waals surface area contributed by atoms with E-state index in [9.17, 15) is 4.79 Å². The molecule has 0 spiro atoms. The number of carbonyl (C=O) groups excluding carboxylic acids is 1. The topological polar surface area (TPSA) is 48.5 Å². The molecule has 2 unspecified atom stereocenters. The summed E-state index contributed by atoms with van der Waals surface area (Å²) in [5, 5.41) is 0. The van der Waals surface area contributed by atoms with Gasteiger partial charge in [-0.1, -0.05) is 83.2 Å². The zero-order chi connectivity index (χ0) is 35.2. The molecule has 7 nitrogen and oxygen atoms in total. The first kappa shape index (κ1) is 36.2. The van der Waals surface area contributed by atoms with Crippen molar-refractivity contribution >= 4 is 41.1 Å². The third kappa shape index (κ3) is 8.99. The van der Waals surface area contributed by atoms with Gasteiger partial charge >= 0.3 is 6.16 Å². The predicted molar refractivity (Wildman–Crippen MR) is 207 cm³/mol. The van der Waals surface area contributed by atoms with Crippen LogP contribution in [0.4, 0.5) is 16.2 Å². The minimum absolute atomic E-state index is 0.361. The highest BCUT2D eigenvalue weighted by Crippen LogP contribution is 2.39. The Balaban J connectivity index is 0.961. The van der Waals surface area contributed by atoms with E-state index >= 15 is 0 Å². The van der Waals surface area contributed by atoms with Crippen LogP contribution < -0.4 is 9.80 Å². The number of anilines is 2. The van der Waals surface area contributed by atoms with Gasteiger partial charge in [0.25, 0.3) is 0 Å². The molecule has 264 valence electrons. The van der Waals surface area contributed by atoms with Crippen LogP contribution in [0.15, 0.2) is 105 Å². The highest BCUT2D eigenvalue weighted by molar-refractivity contribution is 7.99. The minimum Gasteiger partial charge on any atom is -0.415 e. The quantitative estimate of drug-likeness (QED) is 0.150. The first-order valence-electron chi connectivity index (χ1n) is 17.7. The van der Waals surface area contributed by atoms with Gasteiger partial charge in [0.15, 0.2) is 12.5 Å². The van der Waals surface area contributed by atoms with Crippen LogP contribution in [0.2, 0.25) is 0 Å². The van der Waals surface area contributed by atoms with Crippen molar-refractivity contribution in [3.8, 4) is 0 Å². The maximum absolute atomic E-state index is 12.9. The second-order valence-electron chi connectivity index (χ2n) is 13.4. The molecule has 4 aromatic rings. The minimum atomic E-state index is -0.611. The molecule has 2 saturated heterocycles. The molecule has 0 amide bonds. The Morgan fingerprint density at radius 1 is 0.540 bits per heavy atom. The fourth-order valence-electron chi connectivity index (χ4n) is 6.78. The molecule has 0 aromatic heterocycles. The van der Waals surface area contributed by atoms with Gasteiger partial charge in [0.2, 0.25) is 0 Å². The lowest BCUT2D eigenvalue weighted by Gasteiger charge is -2.40. The number of hydrogen-bond donors (Lipinski definition) is 0. The number of ether oxygens (including phenoxy) is 2. The summed E-state index contributed by atoms with van der Waals surface area (Å²) in [4.78, 5) is 27.3. The normalized spacial score (nSPS) is 17.0. The van der Waals surface area contributed by atoms with Crippen molar-refractivity contribution in [2.75, 3.05) is 62.2 Å². The van der Waals surface area contributed by atoms with Gasteiger partial charge in [0, 0.05) is 71.9 Å². The number of para-hydroxylation sites is 2. The SMILES string of the molecule is Cc1ccc(Sc2ccccc2N2CCN(C(C)OC(=O)OC(C)N3CCN(c4ccccc4Sc4ccc(C)cc4C)CC3)CC2)c(C)c1. The van der Waals surface area contributed by atoms with E-state index in [1.54, 1.807) is 0 Å². The second-order valence-corrected chi connectivity index (χ2v) is 15.6. The summed E-state index contributed by atoms with van der Waals surface area (Å²) in [6, 6.07) is 30.6. The zero-order valence-electron chi connectivity index (χ0n) is 30.2. The Hall–Kier alpha value is -3.63. The molecule has 0 bridgehead atoms. The molecule has 0 saturated carbocycles. The zero-order valence-corrected chi connectivity index (χ0v) is 31.9. The molecule has 0 aliphatic carbocycles. The predicted octanol–water partition coefficient (Wildman–Crippen LogP) is 9.01. The van der Waals surface area contributed by atoms with Crippen molar-refractivity contribution in [3.63, 3.8) is 0 Å². The molecular formula is C41H50N4O3S2. The number of aryl methyl sites for hydroxylation is 4. The van der Waals surface area contributed by atoms with Gasteiger partial charge in [-0.15, -0.1) is 0 Å². The van der Waals surface area contributed by atoms with Crippen LogP contribution in [0, 0.1) is 27.7 Å². The van der Waals surface area contributed by atoms with Gasteiger partial charge in [-0.3, -0.25) is 9.80 Å². The average Bonchev–Trinajstić information content (AvgIpc) is 3.11. The lowest BCUT2D eigenvalue weighted by atomic mass is 10.2. The maximum Gasteiger partial charge on any atom is 0.511 e. The molecule has 2 atom stereocenters. The Morgan fingerprint density at radius 2 is 0.920 bits per heavy atom. The fourth-order valence-corrected chi connectivity index (χ4v) is 8.86. The largest absolute Gasteiger partial charge is 0.511 e. The standard InChI is InChI=1S/C41H50N4O3S2/c1-29-15-17-37(31(3)27-29)49-39-13-9-7-11-35(39)44-23-19-42(20-24-44)33(5)47-41(46)48-34(6)43-21-25-45(26-22-43)36-12-8-10-14-40(36)50-38-18-16-30(2)28-32(38)4/h7-18,27-28,33-34H,19-26H2,1-6H3. The summed E-state index contributed by atoms with van der Waals surface area (Å²) < 4.78 is 11.6. The number of piperazine rings is 2. The van der Waals surface area contributed by atoms with Gasteiger partial charge < -0.3 is 19.3 Å². The lowest BCUT2D eigenvalue weighted by molar-refractivity contribution is -0.0802. The van der Waals surface area contributed by atoms with Crippen molar-refractivity contribution < 1.29 is 14.3 Å². The maximum atomic E-state index is 12.9. The van der Waals surface area contributed by atoms with Gasteiger partial charge in [0.05, 0.1) is 11.4 Å². The smallest absolute Gasteiger partial charge is 0.415 e. The van der Waals surface area contributed by atoms with E-state index in [4.69, 9.17) is 9.47 Å². The van der Waals surface area contributed by atoms with Crippen molar-refractivity contribution in [3.05, 3.63) is 107 Å². The van der Waals surface area contributed by atoms with Gasteiger partial charge in [-0.25, -0.2) is 4.79 Å². The van der Waals surface area contributed by atoms with Crippen molar-refractivity contribution in [2.45, 2.75) is 73.6 Å². The molecule has 50 heavy (non-hydrogen) atoms. The highest BCUT2D eigenvalue weighted by atomic mass is 32.2. The molecule has 0 radical (unpaired) electrons. The second kappa shape index (κ2) is 16.6. The Labute approximate surface area is 306 Å². The van der Waals surface area contributed by atoms with Crippen LogP contribution in [0.3, 0.4) is 0 Å². The average molecular weight is 711 g/mol. The van der Waals surface area contributed by atoms with Gasteiger partial charge in [0.1, 0.15) is 0 Å². The number of hydrogen-bond acceptors (Lipinski definition) is 9. The summed E-state index contributed by atoms with van der Waals surface area (Å²) in [7, 11) is 0. The van der Waals surface area contributed by atoms with E-state index in [1.165, 1.54) is 53.2 Å².